The Hall–Kier alpha value is -1.65. The Morgan fingerprint density at radius 2 is 1.95 bits per heavy atom. The molecule has 1 aromatic carbocycles. The van der Waals surface area contributed by atoms with Crippen LogP contribution in [0.25, 0.3) is 0 Å². The molecule has 20 heavy (non-hydrogen) atoms. The van der Waals surface area contributed by atoms with Crippen molar-refractivity contribution >= 4 is 15.7 Å². The fourth-order valence-corrected chi connectivity index (χ4v) is 2.01. The van der Waals surface area contributed by atoms with Crippen molar-refractivity contribution < 1.29 is 22.1 Å². The zero-order valence-electron chi connectivity index (χ0n) is 10.5. The van der Waals surface area contributed by atoms with Gasteiger partial charge in [0.1, 0.15) is 5.82 Å². The van der Waals surface area contributed by atoms with Gasteiger partial charge in [-0.15, -0.1) is 0 Å². The minimum atomic E-state index is -3.39. The molecule has 2 N–H and O–H groups in total. The van der Waals surface area contributed by atoms with Gasteiger partial charge >= 0.3 is 5.69 Å². The molecule has 0 radical (unpaired) electrons. The number of halogens is 2. The molecule has 0 aliphatic carbocycles. The molecule has 0 aromatic heterocycles. The molecule has 0 heterocycles. The first kappa shape index (κ1) is 16.4. The predicted octanol–water partition coefficient (Wildman–Crippen LogP) is 0.512. The summed E-state index contributed by atoms with van der Waals surface area (Å²) in [6.07, 6.45) is 0. The molecule has 0 bridgehead atoms. The van der Waals surface area contributed by atoms with Crippen molar-refractivity contribution in [2.75, 3.05) is 19.3 Å². The van der Waals surface area contributed by atoms with Crippen LogP contribution in [0.15, 0.2) is 12.1 Å². The van der Waals surface area contributed by atoms with E-state index in [4.69, 9.17) is 0 Å². The minimum Gasteiger partial charge on any atom is -0.311 e. The average Bonchev–Trinajstić information content (AvgIpc) is 2.36. The highest BCUT2D eigenvalue weighted by molar-refractivity contribution is 7.89. The van der Waals surface area contributed by atoms with Crippen LogP contribution in [0, 0.1) is 21.7 Å². The maximum atomic E-state index is 13.4. The monoisotopic (exact) mass is 309 g/mol. The molecule has 0 aliphatic rings. The summed E-state index contributed by atoms with van der Waals surface area (Å²) in [6.45, 7) is -0.125. The number of nitrogens with zero attached hydrogens (tertiary/aromatic N) is 1. The highest BCUT2D eigenvalue weighted by Gasteiger charge is 2.18. The van der Waals surface area contributed by atoms with E-state index < -0.39 is 32.3 Å². The second-order valence-corrected chi connectivity index (χ2v) is 5.90. The van der Waals surface area contributed by atoms with Crippen LogP contribution < -0.4 is 10.0 Å². The van der Waals surface area contributed by atoms with Crippen molar-refractivity contribution in [1.29, 1.82) is 0 Å². The number of nitro benzene ring substituents is 1. The predicted molar refractivity (Wildman–Crippen MR) is 67.6 cm³/mol. The number of nitrogens with one attached hydrogen (secondary N) is 2. The van der Waals surface area contributed by atoms with Crippen molar-refractivity contribution in [1.82, 2.24) is 10.0 Å². The van der Waals surface area contributed by atoms with Gasteiger partial charge in [0.05, 0.1) is 10.7 Å². The number of rotatable bonds is 7. The Kier molecular flexibility index (Phi) is 5.48. The number of benzene rings is 1. The lowest BCUT2D eigenvalue weighted by Gasteiger charge is -2.07. The van der Waals surface area contributed by atoms with Gasteiger partial charge in [0, 0.05) is 30.8 Å². The Labute approximate surface area is 114 Å². The van der Waals surface area contributed by atoms with Gasteiger partial charge in [0.15, 0.2) is 0 Å². The van der Waals surface area contributed by atoms with Gasteiger partial charge in [-0.3, -0.25) is 10.1 Å². The van der Waals surface area contributed by atoms with Crippen LogP contribution in [-0.2, 0) is 16.6 Å². The summed E-state index contributed by atoms with van der Waals surface area (Å²) in [5, 5.41) is 13.1. The van der Waals surface area contributed by atoms with Crippen LogP contribution in [0.4, 0.5) is 14.5 Å². The minimum absolute atomic E-state index is 0.0216. The molecule has 0 saturated carbocycles. The standard InChI is InChI=1S/C10H13F2N3O4S/c1-13-20(18,19)3-2-14-6-7-4-10(15(16)17)9(12)5-8(7)11/h4-5,13-14H,2-3,6H2,1H3. The van der Waals surface area contributed by atoms with Gasteiger partial charge in [-0.25, -0.2) is 17.5 Å². The fraction of sp³-hybridized carbons (Fsp3) is 0.400. The Bertz CT molecular complexity index is 607. The fourth-order valence-electron chi connectivity index (χ4n) is 1.39. The summed E-state index contributed by atoms with van der Waals surface area (Å²) in [4.78, 5) is 9.57. The average molecular weight is 309 g/mol. The SMILES string of the molecule is CNS(=O)(=O)CCNCc1cc([N+](=O)[O-])c(F)cc1F. The Balaban J connectivity index is 2.69. The van der Waals surface area contributed by atoms with Crippen molar-refractivity contribution in [3.63, 3.8) is 0 Å². The van der Waals surface area contributed by atoms with Crippen LogP contribution in [-0.4, -0.2) is 32.7 Å². The zero-order chi connectivity index (χ0) is 15.3. The third kappa shape index (κ3) is 4.47. The lowest BCUT2D eigenvalue weighted by atomic mass is 10.2. The summed E-state index contributed by atoms with van der Waals surface area (Å²) >= 11 is 0. The number of hydrogen-bond donors (Lipinski definition) is 2. The third-order valence-electron chi connectivity index (χ3n) is 2.49. The summed E-state index contributed by atoms with van der Waals surface area (Å²) in [5.41, 5.74) is -0.939. The maximum absolute atomic E-state index is 13.4. The van der Waals surface area contributed by atoms with Crippen LogP contribution >= 0.6 is 0 Å². The first-order valence-electron chi connectivity index (χ1n) is 5.51. The van der Waals surface area contributed by atoms with E-state index in [9.17, 15) is 27.3 Å². The van der Waals surface area contributed by atoms with E-state index in [1.165, 1.54) is 7.05 Å². The van der Waals surface area contributed by atoms with Crippen LogP contribution in [0.5, 0.6) is 0 Å². The topological polar surface area (TPSA) is 101 Å². The van der Waals surface area contributed by atoms with Crippen molar-refractivity contribution in [3.8, 4) is 0 Å². The molecule has 0 unspecified atom stereocenters. The maximum Gasteiger partial charge on any atom is 0.305 e. The molecular weight excluding hydrogens is 296 g/mol. The highest BCUT2D eigenvalue weighted by atomic mass is 32.2. The normalized spacial score (nSPS) is 11.6. The second kappa shape index (κ2) is 6.68. The van der Waals surface area contributed by atoms with E-state index in [0.29, 0.717) is 6.07 Å². The molecule has 0 atom stereocenters. The summed E-state index contributed by atoms with van der Waals surface area (Å²) in [7, 11) is -2.12. The van der Waals surface area contributed by atoms with Crippen molar-refractivity contribution in [3.05, 3.63) is 39.4 Å². The Morgan fingerprint density at radius 1 is 1.30 bits per heavy atom. The van der Waals surface area contributed by atoms with Gasteiger partial charge in [-0.2, -0.15) is 4.39 Å². The number of sulfonamides is 1. The van der Waals surface area contributed by atoms with Crippen LogP contribution in [0.1, 0.15) is 5.56 Å². The van der Waals surface area contributed by atoms with E-state index in [0.717, 1.165) is 6.07 Å². The van der Waals surface area contributed by atoms with Crippen molar-refractivity contribution in [2.24, 2.45) is 0 Å². The van der Waals surface area contributed by atoms with Gasteiger partial charge in [0.2, 0.25) is 15.8 Å². The molecule has 112 valence electrons. The lowest BCUT2D eigenvalue weighted by molar-refractivity contribution is -0.387. The quantitative estimate of drug-likeness (QED) is 0.434. The van der Waals surface area contributed by atoms with E-state index in [1.807, 2.05) is 0 Å². The van der Waals surface area contributed by atoms with Gasteiger partial charge < -0.3 is 5.32 Å². The van der Waals surface area contributed by atoms with Crippen LogP contribution in [0.3, 0.4) is 0 Å². The van der Waals surface area contributed by atoms with Crippen molar-refractivity contribution in [2.45, 2.75) is 6.54 Å². The molecule has 0 fully saturated rings. The molecular formula is C10H13F2N3O4S. The molecule has 7 nitrogen and oxygen atoms in total. The molecule has 0 saturated heterocycles. The van der Waals surface area contributed by atoms with E-state index >= 15 is 0 Å². The Morgan fingerprint density at radius 3 is 2.50 bits per heavy atom. The van der Waals surface area contributed by atoms with Gasteiger partial charge in [-0.05, 0) is 7.05 Å². The summed E-state index contributed by atoms with van der Waals surface area (Å²) in [5.74, 6) is -2.42. The highest BCUT2D eigenvalue weighted by Crippen LogP contribution is 2.21. The molecule has 1 aromatic rings. The lowest BCUT2D eigenvalue weighted by Crippen LogP contribution is -2.29. The molecule has 10 heteroatoms. The van der Waals surface area contributed by atoms with E-state index in [-0.39, 0.29) is 24.4 Å². The van der Waals surface area contributed by atoms with Gasteiger partial charge in [0.25, 0.3) is 0 Å². The first-order chi connectivity index (χ1) is 9.26. The molecule has 0 spiro atoms. The summed E-state index contributed by atoms with van der Waals surface area (Å²) < 4.78 is 50.8. The first-order valence-corrected chi connectivity index (χ1v) is 7.16. The van der Waals surface area contributed by atoms with E-state index in [1.54, 1.807) is 0 Å². The molecule has 0 amide bonds. The number of hydrogen-bond acceptors (Lipinski definition) is 5. The molecule has 1 rings (SSSR count). The van der Waals surface area contributed by atoms with Crippen LogP contribution in [0.2, 0.25) is 0 Å². The third-order valence-corrected chi connectivity index (χ3v) is 3.85. The molecule has 0 aliphatic heterocycles. The van der Waals surface area contributed by atoms with E-state index in [2.05, 4.69) is 10.0 Å². The summed E-state index contributed by atoms with van der Waals surface area (Å²) in [6, 6.07) is 1.21. The van der Waals surface area contributed by atoms with Gasteiger partial charge in [-0.1, -0.05) is 0 Å². The largest absolute Gasteiger partial charge is 0.311 e. The second-order valence-electron chi connectivity index (χ2n) is 3.85. The zero-order valence-corrected chi connectivity index (χ0v) is 11.3. The number of nitro groups is 1. The smallest absolute Gasteiger partial charge is 0.305 e.